The third-order valence-electron chi connectivity index (χ3n) is 2.12. The molecule has 11 heavy (non-hydrogen) atoms. The zero-order valence-electron chi connectivity index (χ0n) is 6.26. The van der Waals surface area contributed by atoms with Gasteiger partial charge in [0.15, 0.2) is 0 Å². The van der Waals surface area contributed by atoms with Crippen LogP contribution in [0.25, 0.3) is 0 Å². The van der Waals surface area contributed by atoms with Gasteiger partial charge in [-0.2, -0.15) is 0 Å². The highest BCUT2D eigenvalue weighted by Crippen LogP contribution is 2.22. The van der Waals surface area contributed by atoms with Crippen LogP contribution in [0.2, 0.25) is 0 Å². The molecule has 0 saturated heterocycles. The van der Waals surface area contributed by atoms with Crippen LogP contribution in [-0.2, 0) is 0 Å². The van der Waals surface area contributed by atoms with Gasteiger partial charge >= 0.3 is 0 Å². The van der Waals surface area contributed by atoms with Crippen LogP contribution in [0.3, 0.4) is 0 Å². The van der Waals surface area contributed by atoms with Gasteiger partial charge in [-0.15, -0.1) is 0 Å². The van der Waals surface area contributed by atoms with Crippen molar-refractivity contribution in [3.05, 3.63) is 23.3 Å². The summed E-state index contributed by atoms with van der Waals surface area (Å²) in [4.78, 5) is 4.41. The molecule has 1 aliphatic carbocycles. The number of nitrogens with zero attached hydrogens (tertiary/aromatic N) is 1. The highest BCUT2D eigenvalue weighted by molar-refractivity contribution is 6.32. The van der Waals surface area contributed by atoms with Crippen LogP contribution in [0, 0.1) is 5.92 Å². The number of aliphatic imine (C=N–C) groups is 1. The molecule has 2 heteroatoms. The van der Waals surface area contributed by atoms with E-state index in [2.05, 4.69) is 11.1 Å². The zero-order valence-corrected chi connectivity index (χ0v) is 7.01. The predicted molar refractivity (Wildman–Crippen MR) is 47.8 cm³/mol. The highest BCUT2D eigenvalue weighted by Gasteiger charge is 2.26. The molecule has 0 aromatic rings. The number of allylic oxidation sites excluding steroid dienone is 4. The highest BCUT2D eigenvalue weighted by atomic mass is 35.5. The summed E-state index contributed by atoms with van der Waals surface area (Å²) < 4.78 is 0. The van der Waals surface area contributed by atoms with Gasteiger partial charge in [-0.05, 0) is 12.5 Å². The minimum atomic E-state index is 0.501. The lowest BCUT2D eigenvalue weighted by Gasteiger charge is -2.12. The maximum atomic E-state index is 5.86. The Labute approximate surface area is 71.5 Å². The first-order valence-electron chi connectivity index (χ1n) is 3.96. The Morgan fingerprint density at radius 2 is 2.36 bits per heavy atom. The molecule has 0 aromatic carbocycles. The van der Waals surface area contributed by atoms with Gasteiger partial charge in [0, 0.05) is 22.5 Å². The molecule has 57 valence electrons. The van der Waals surface area contributed by atoms with Crippen LogP contribution in [0.1, 0.15) is 12.8 Å². The molecule has 0 amide bonds. The Morgan fingerprint density at radius 3 is 3.27 bits per heavy atom. The maximum Gasteiger partial charge on any atom is 0.253 e. The number of rotatable bonds is 0. The summed E-state index contributed by atoms with van der Waals surface area (Å²) in [6.45, 7) is 0.988. The quantitative estimate of drug-likeness (QED) is 0.523. The number of hydrogen-bond donors (Lipinski definition) is 0. The van der Waals surface area contributed by atoms with E-state index in [1.54, 1.807) is 0 Å². The molecule has 2 aliphatic rings. The summed E-state index contributed by atoms with van der Waals surface area (Å²) >= 11 is 5.86. The van der Waals surface area contributed by atoms with Crippen LogP contribution in [0.5, 0.6) is 0 Å². The number of hydrogen-bond acceptors (Lipinski definition) is 1. The van der Waals surface area contributed by atoms with Crippen molar-refractivity contribution in [2.75, 3.05) is 6.54 Å². The molecule has 1 aliphatic heterocycles. The molecule has 0 aromatic heterocycles. The standard InChI is InChI=1S/C9H10ClN/c10-8-3-4-9-7(6-8)2-1-5-11-9/h3-4,6-7H,1-2,5H2/q+1. The smallest absolute Gasteiger partial charge is 0.0847 e. The Hall–Kier alpha value is -0.560. The molecule has 2 rings (SSSR count). The average molecular weight is 168 g/mol. The predicted octanol–water partition coefficient (Wildman–Crippen LogP) is 1.87. The molecule has 0 saturated carbocycles. The molecular weight excluding hydrogens is 158 g/mol. The first-order valence-corrected chi connectivity index (χ1v) is 4.34. The van der Waals surface area contributed by atoms with E-state index < -0.39 is 0 Å². The lowest BCUT2D eigenvalue weighted by atomic mass is 9.91. The van der Waals surface area contributed by atoms with E-state index in [0.29, 0.717) is 5.92 Å². The van der Waals surface area contributed by atoms with Gasteiger partial charge in [0.05, 0.1) is 5.92 Å². The van der Waals surface area contributed by atoms with Crippen LogP contribution < -0.4 is 4.99 Å². The van der Waals surface area contributed by atoms with E-state index in [-0.39, 0.29) is 0 Å². The van der Waals surface area contributed by atoms with E-state index in [1.807, 2.05) is 12.2 Å². The first-order chi connectivity index (χ1) is 5.36. The van der Waals surface area contributed by atoms with E-state index in [4.69, 9.17) is 11.6 Å². The maximum absolute atomic E-state index is 5.86. The third kappa shape index (κ3) is 1.38. The Bertz CT molecular complexity index is 250. The van der Waals surface area contributed by atoms with Crippen LogP contribution in [-0.4, -0.2) is 12.3 Å². The van der Waals surface area contributed by atoms with Crippen LogP contribution in [0.4, 0.5) is 0 Å². The molecule has 1 heterocycles. The fourth-order valence-electron chi connectivity index (χ4n) is 1.54. The van der Waals surface area contributed by atoms with Crippen molar-refractivity contribution < 1.29 is 0 Å². The molecule has 1 atom stereocenters. The van der Waals surface area contributed by atoms with Crippen molar-refractivity contribution >= 4 is 17.3 Å². The third-order valence-corrected chi connectivity index (χ3v) is 2.37. The molecule has 0 N–H and O–H groups in total. The van der Waals surface area contributed by atoms with Crippen molar-refractivity contribution in [2.45, 2.75) is 12.8 Å². The zero-order chi connectivity index (χ0) is 7.68. The second-order valence-electron chi connectivity index (χ2n) is 2.94. The van der Waals surface area contributed by atoms with E-state index in [9.17, 15) is 0 Å². The van der Waals surface area contributed by atoms with Crippen molar-refractivity contribution in [1.82, 2.24) is 4.99 Å². The van der Waals surface area contributed by atoms with Crippen LogP contribution >= 0.6 is 11.6 Å². The average Bonchev–Trinajstić information content (AvgIpc) is 2.04. The van der Waals surface area contributed by atoms with Crippen molar-refractivity contribution in [2.24, 2.45) is 5.92 Å². The largest absolute Gasteiger partial charge is 0.253 e. The summed E-state index contributed by atoms with van der Waals surface area (Å²) in [7, 11) is 0. The fraction of sp³-hybridized carbons (Fsp3) is 0.444. The molecule has 0 spiro atoms. The lowest BCUT2D eigenvalue weighted by Crippen LogP contribution is -2.24. The van der Waals surface area contributed by atoms with Gasteiger partial charge in [-0.25, -0.2) is 0 Å². The number of fused-ring (bicyclic) bond motifs is 1. The van der Waals surface area contributed by atoms with Crippen molar-refractivity contribution in [3.63, 3.8) is 0 Å². The topological polar surface area (TPSA) is 14.1 Å². The summed E-state index contributed by atoms with van der Waals surface area (Å²) in [6.07, 6.45) is 8.45. The molecule has 1 unspecified atom stereocenters. The van der Waals surface area contributed by atoms with Gasteiger partial charge in [-0.1, -0.05) is 17.7 Å². The fourth-order valence-corrected chi connectivity index (χ4v) is 1.76. The minimum absolute atomic E-state index is 0.501. The molecule has 1 radical (unpaired) electrons. The summed E-state index contributed by atoms with van der Waals surface area (Å²) in [5.41, 5.74) is 1.21. The SMILES string of the molecule is ClC1=CC2CCC[N+]=C2C=C1. The molecular formula is C9H10ClN+. The lowest BCUT2D eigenvalue weighted by molar-refractivity contribution is 0.626. The normalized spacial score (nSPS) is 29.0. The second kappa shape index (κ2) is 2.82. The molecule has 0 bridgehead atoms. The molecule has 1 nitrogen and oxygen atoms in total. The van der Waals surface area contributed by atoms with E-state index >= 15 is 0 Å². The van der Waals surface area contributed by atoms with Crippen molar-refractivity contribution in [3.8, 4) is 0 Å². The van der Waals surface area contributed by atoms with E-state index in [1.165, 1.54) is 18.6 Å². The summed E-state index contributed by atoms with van der Waals surface area (Å²) in [5, 5.41) is 0.857. The van der Waals surface area contributed by atoms with Gasteiger partial charge < -0.3 is 0 Å². The van der Waals surface area contributed by atoms with Gasteiger partial charge in [0.25, 0.3) is 5.71 Å². The molecule has 0 fully saturated rings. The Balaban J connectivity index is 2.28. The van der Waals surface area contributed by atoms with E-state index in [0.717, 1.165) is 11.6 Å². The Morgan fingerprint density at radius 1 is 1.45 bits per heavy atom. The van der Waals surface area contributed by atoms with Crippen molar-refractivity contribution in [1.29, 1.82) is 0 Å². The summed E-state index contributed by atoms with van der Waals surface area (Å²) in [5.74, 6) is 0.501. The monoisotopic (exact) mass is 167 g/mol. The summed E-state index contributed by atoms with van der Waals surface area (Å²) in [6, 6.07) is 0. The Kier molecular flexibility index (Phi) is 1.82. The minimum Gasteiger partial charge on any atom is -0.0847 e. The second-order valence-corrected chi connectivity index (χ2v) is 3.38. The van der Waals surface area contributed by atoms with Gasteiger partial charge in [0.1, 0.15) is 0 Å². The number of halogens is 1. The van der Waals surface area contributed by atoms with Crippen LogP contribution in [0.15, 0.2) is 23.3 Å². The van der Waals surface area contributed by atoms with Gasteiger partial charge in [-0.3, -0.25) is 0 Å². The first kappa shape index (κ1) is 7.11. The van der Waals surface area contributed by atoms with Gasteiger partial charge in [0.2, 0.25) is 6.54 Å².